The summed E-state index contributed by atoms with van der Waals surface area (Å²) >= 11 is 0. The van der Waals surface area contributed by atoms with Crippen LogP contribution in [0.15, 0.2) is 24.3 Å². The van der Waals surface area contributed by atoms with E-state index in [1.165, 1.54) is 25.7 Å². The van der Waals surface area contributed by atoms with E-state index >= 15 is 0 Å². The second kappa shape index (κ2) is 4.36. The molecular formula is C14H21NO. The Morgan fingerprint density at radius 2 is 2.12 bits per heavy atom. The van der Waals surface area contributed by atoms with Crippen LogP contribution in [0.1, 0.15) is 39.5 Å². The lowest BCUT2D eigenvalue weighted by Gasteiger charge is -2.39. The Labute approximate surface area is 97.7 Å². The molecule has 1 fully saturated rings. The van der Waals surface area contributed by atoms with Crippen molar-refractivity contribution in [2.45, 2.75) is 45.6 Å². The molecule has 0 aliphatic heterocycles. The molecule has 2 rings (SSSR count). The van der Waals surface area contributed by atoms with Gasteiger partial charge in [0, 0.05) is 17.8 Å². The number of rotatable bonds is 2. The van der Waals surface area contributed by atoms with E-state index in [9.17, 15) is 5.11 Å². The van der Waals surface area contributed by atoms with Crippen molar-refractivity contribution in [1.82, 2.24) is 0 Å². The second-order valence-electron chi connectivity index (χ2n) is 5.48. The molecular weight excluding hydrogens is 198 g/mol. The Kier molecular flexibility index (Phi) is 3.08. The van der Waals surface area contributed by atoms with Crippen LogP contribution in [-0.2, 0) is 0 Å². The highest BCUT2D eigenvalue weighted by Crippen LogP contribution is 2.37. The zero-order valence-corrected chi connectivity index (χ0v) is 10.2. The number of aromatic hydroxyl groups is 1. The number of phenols is 1. The molecule has 0 amide bonds. The van der Waals surface area contributed by atoms with Gasteiger partial charge in [-0.2, -0.15) is 0 Å². The van der Waals surface area contributed by atoms with Gasteiger partial charge in [0.15, 0.2) is 0 Å². The summed E-state index contributed by atoms with van der Waals surface area (Å²) in [6, 6.07) is 7.92. The van der Waals surface area contributed by atoms with Crippen LogP contribution in [0.3, 0.4) is 0 Å². The summed E-state index contributed by atoms with van der Waals surface area (Å²) in [5.74, 6) is 0.332. The molecule has 1 aromatic carbocycles. The fourth-order valence-electron chi connectivity index (χ4n) is 2.56. The summed E-state index contributed by atoms with van der Waals surface area (Å²) in [6.45, 7) is 4.65. The molecule has 0 aromatic heterocycles. The normalized spacial score (nSPS) is 24.0. The number of anilines is 1. The SMILES string of the molecule is CC1(C)CCCCC1Nc1cccc(O)c1. The molecule has 1 aromatic rings. The average Bonchev–Trinajstić information content (AvgIpc) is 2.21. The molecule has 0 bridgehead atoms. The molecule has 88 valence electrons. The van der Waals surface area contributed by atoms with Crippen molar-refractivity contribution in [3.8, 4) is 5.75 Å². The number of hydrogen-bond donors (Lipinski definition) is 2. The quantitative estimate of drug-likeness (QED) is 0.793. The van der Waals surface area contributed by atoms with E-state index in [1.807, 2.05) is 12.1 Å². The summed E-state index contributed by atoms with van der Waals surface area (Å²) < 4.78 is 0. The van der Waals surface area contributed by atoms with E-state index in [4.69, 9.17) is 0 Å². The van der Waals surface area contributed by atoms with Crippen LogP contribution in [0.25, 0.3) is 0 Å². The van der Waals surface area contributed by atoms with Crippen molar-refractivity contribution < 1.29 is 5.11 Å². The van der Waals surface area contributed by atoms with Crippen molar-refractivity contribution >= 4 is 5.69 Å². The molecule has 2 nitrogen and oxygen atoms in total. The van der Waals surface area contributed by atoms with Gasteiger partial charge in [-0.05, 0) is 30.4 Å². The maximum absolute atomic E-state index is 9.43. The molecule has 0 spiro atoms. The summed E-state index contributed by atoms with van der Waals surface area (Å²) in [6.07, 6.45) is 5.15. The first-order chi connectivity index (χ1) is 7.58. The Balaban J connectivity index is 2.08. The summed E-state index contributed by atoms with van der Waals surface area (Å²) in [7, 11) is 0. The molecule has 0 saturated heterocycles. The second-order valence-corrected chi connectivity index (χ2v) is 5.48. The van der Waals surface area contributed by atoms with E-state index in [0.717, 1.165) is 5.69 Å². The van der Waals surface area contributed by atoms with Crippen molar-refractivity contribution in [1.29, 1.82) is 0 Å². The first kappa shape index (κ1) is 11.3. The van der Waals surface area contributed by atoms with Crippen LogP contribution in [0.5, 0.6) is 5.75 Å². The van der Waals surface area contributed by atoms with E-state index in [1.54, 1.807) is 12.1 Å². The third-order valence-electron chi connectivity index (χ3n) is 3.69. The lowest BCUT2D eigenvalue weighted by molar-refractivity contribution is 0.217. The van der Waals surface area contributed by atoms with Gasteiger partial charge < -0.3 is 10.4 Å². The molecule has 1 aliphatic carbocycles. The fraction of sp³-hybridized carbons (Fsp3) is 0.571. The van der Waals surface area contributed by atoms with Crippen LogP contribution in [-0.4, -0.2) is 11.1 Å². The predicted octanol–water partition coefficient (Wildman–Crippen LogP) is 3.77. The molecule has 1 unspecified atom stereocenters. The minimum atomic E-state index is 0.332. The fourth-order valence-corrected chi connectivity index (χ4v) is 2.56. The van der Waals surface area contributed by atoms with Crippen LogP contribution in [0.2, 0.25) is 0 Å². The molecule has 0 radical (unpaired) electrons. The topological polar surface area (TPSA) is 32.3 Å². The number of hydrogen-bond acceptors (Lipinski definition) is 2. The zero-order chi connectivity index (χ0) is 11.6. The van der Waals surface area contributed by atoms with Gasteiger partial charge in [-0.1, -0.05) is 32.8 Å². The first-order valence-electron chi connectivity index (χ1n) is 6.13. The number of nitrogens with one attached hydrogen (secondary N) is 1. The van der Waals surface area contributed by atoms with Gasteiger partial charge in [0.2, 0.25) is 0 Å². The molecule has 1 atom stereocenters. The van der Waals surface area contributed by atoms with Crippen LogP contribution >= 0.6 is 0 Å². The summed E-state index contributed by atoms with van der Waals surface area (Å²) in [5.41, 5.74) is 1.38. The Hall–Kier alpha value is -1.18. The standard InChI is InChI=1S/C14H21NO/c1-14(2)9-4-3-8-13(14)15-11-6-5-7-12(16)10-11/h5-7,10,13,15-16H,3-4,8-9H2,1-2H3. The highest BCUT2D eigenvalue weighted by molar-refractivity contribution is 5.48. The molecule has 2 heteroatoms. The third-order valence-corrected chi connectivity index (χ3v) is 3.69. The molecule has 2 N–H and O–H groups in total. The minimum Gasteiger partial charge on any atom is -0.508 e. The molecule has 0 heterocycles. The van der Waals surface area contributed by atoms with Gasteiger partial charge >= 0.3 is 0 Å². The Morgan fingerprint density at radius 1 is 1.31 bits per heavy atom. The van der Waals surface area contributed by atoms with E-state index in [-0.39, 0.29) is 0 Å². The summed E-state index contributed by atoms with van der Waals surface area (Å²) in [4.78, 5) is 0. The van der Waals surface area contributed by atoms with Gasteiger partial charge in [0.25, 0.3) is 0 Å². The van der Waals surface area contributed by atoms with Crippen molar-refractivity contribution in [3.63, 3.8) is 0 Å². The van der Waals surface area contributed by atoms with Crippen molar-refractivity contribution in [2.24, 2.45) is 5.41 Å². The van der Waals surface area contributed by atoms with Gasteiger partial charge in [0.05, 0.1) is 0 Å². The highest BCUT2D eigenvalue weighted by Gasteiger charge is 2.31. The zero-order valence-electron chi connectivity index (χ0n) is 10.2. The third kappa shape index (κ3) is 2.49. The van der Waals surface area contributed by atoms with Crippen LogP contribution in [0.4, 0.5) is 5.69 Å². The number of phenolic OH excluding ortho intramolecular Hbond substituents is 1. The summed E-state index contributed by atoms with van der Waals surface area (Å²) in [5, 5.41) is 13.0. The molecule has 16 heavy (non-hydrogen) atoms. The number of benzene rings is 1. The van der Waals surface area contributed by atoms with E-state index < -0.39 is 0 Å². The van der Waals surface area contributed by atoms with Gasteiger partial charge in [0.1, 0.15) is 5.75 Å². The van der Waals surface area contributed by atoms with Crippen LogP contribution < -0.4 is 5.32 Å². The average molecular weight is 219 g/mol. The van der Waals surface area contributed by atoms with Gasteiger partial charge in [-0.15, -0.1) is 0 Å². The lowest BCUT2D eigenvalue weighted by Crippen LogP contribution is -2.38. The van der Waals surface area contributed by atoms with Gasteiger partial charge in [-0.3, -0.25) is 0 Å². The maximum atomic E-state index is 9.43. The maximum Gasteiger partial charge on any atom is 0.117 e. The first-order valence-corrected chi connectivity index (χ1v) is 6.13. The van der Waals surface area contributed by atoms with Crippen molar-refractivity contribution in [3.05, 3.63) is 24.3 Å². The van der Waals surface area contributed by atoms with Gasteiger partial charge in [-0.25, -0.2) is 0 Å². The Bertz CT molecular complexity index is 360. The monoisotopic (exact) mass is 219 g/mol. The van der Waals surface area contributed by atoms with Crippen LogP contribution in [0, 0.1) is 5.41 Å². The Morgan fingerprint density at radius 3 is 2.81 bits per heavy atom. The smallest absolute Gasteiger partial charge is 0.117 e. The highest BCUT2D eigenvalue weighted by atomic mass is 16.3. The lowest BCUT2D eigenvalue weighted by atomic mass is 9.73. The van der Waals surface area contributed by atoms with E-state index in [2.05, 4.69) is 19.2 Å². The minimum absolute atomic E-state index is 0.332. The largest absolute Gasteiger partial charge is 0.508 e. The van der Waals surface area contributed by atoms with Crippen molar-refractivity contribution in [2.75, 3.05) is 5.32 Å². The predicted molar refractivity (Wildman–Crippen MR) is 67.8 cm³/mol. The molecule has 1 aliphatic rings. The molecule has 1 saturated carbocycles. The van der Waals surface area contributed by atoms with E-state index in [0.29, 0.717) is 17.2 Å².